The molecule has 2 saturated heterocycles. The molecule has 0 aromatic heterocycles. The lowest BCUT2D eigenvalue weighted by atomic mass is 9.98. The maximum atomic E-state index is 6.09. The van der Waals surface area contributed by atoms with Gasteiger partial charge < -0.3 is 15.5 Å². The normalized spacial score (nSPS) is 26.3. The molecule has 0 aliphatic carbocycles. The molecule has 2 aliphatic heterocycles. The number of nitrogens with zero attached hydrogens (tertiary/aromatic N) is 2. The molecule has 2 rings (SSSR count). The van der Waals surface area contributed by atoms with Crippen LogP contribution in [0.25, 0.3) is 0 Å². The molecule has 0 amide bonds. The highest BCUT2D eigenvalue weighted by Gasteiger charge is 2.27. The van der Waals surface area contributed by atoms with Crippen molar-refractivity contribution in [2.75, 3.05) is 32.7 Å². The fourth-order valence-corrected chi connectivity index (χ4v) is 3.30. The van der Waals surface area contributed by atoms with Crippen molar-refractivity contribution < 1.29 is 0 Å². The maximum Gasteiger partial charge on any atom is 0.0226 e. The summed E-state index contributed by atoms with van der Waals surface area (Å²) in [5.41, 5.74) is 6.05. The molecule has 0 saturated carbocycles. The third kappa shape index (κ3) is 4.23. The quantitative estimate of drug-likeness (QED) is 0.813. The highest BCUT2D eigenvalue weighted by Crippen LogP contribution is 2.21. The van der Waals surface area contributed by atoms with Crippen molar-refractivity contribution in [2.45, 2.75) is 57.5 Å². The number of hydrogen-bond donors (Lipinski definition) is 1. The van der Waals surface area contributed by atoms with E-state index in [1.165, 1.54) is 58.3 Å². The van der Waals surface area contributed by atoms with E-state index >= 15 is 0 Å². The Hall–Kier alpha value is -0.120. The molecule has 0 aromatic rings. The van der Waals surface area contributed by atoms with Gasteiger partial charge in [0.25, 0.3) is 0 Å². The van der Waals surface area contributed by atoms with Crippen LogP contribution in [0.1, 0.15) is 46.0 Å². The Kier molecular flexibility index (Phi) is 4.45. The molecule has 2 fully saturated rings. The van der Waals surface area contributed by atoms with Crippen molar-refractivity contribution in [3.8, 4) is 0 Å². The lowest BCUT2D eigenvalue weighted by Crippen LogP contribution is -2.51. The van der Waals surface area contributed by atoms with Crippen molar-refractivity contribution in [3.63, 3.8) is 0 Å². The van der Waals surface area contributed by atoms with Gasteiger partial charge in [-0.3, -0.25) is 0 Å². The van der Waals surface area contributed by atoms with Gasteiger partial charge in [-0.25, -0.2) is 0 Å². The molecule has 17 heavy (non-hydrogen) atoms. The van der Waals surface area contributed by atoms with Crippen LogP contribution in [0.3, 0.4) is 0 Å². The topological polar surface area (TPSA) is 32.5 Å². The third-order valence-electron chi connectivity index (χ3n) is 4.10. The van der Waals surface area contributed by atoms with Crippen LogP contribution >= 0.6 is 0 Å². The molecule has 0 unspecified atom stereocenters. The van der Waals surface area contributed by atoms with E-state index in [2.05, 4.69) is 23.6 Å². The standard InChI is InChI=1S/C14H29N3/c1-14(2,15)12-16-10-6-13(7-11-16)17-8-4-3-5-9-17/h13H,3-12,15H2,1-2H3. The van der Waals surface area contributed by atoms with Gasteiger partial charge in [0, 0.05) is 18.1 Å². The van der Waals surface area contributed by atoms with Crippen molar-refractivity contribution in [3.05, 3.63) is 0 Å². The van der Waals surface area contributed by atoms with Gasteiger partial charge >= 0.3 is 0 Å². The Morgan fingerprint density at radius 1 is 1.00 bits per heavy atom. The second-order valence-electron chi connectivity index (χ2n) is 6.59. The van der Waals surface area contributed by atoms with E-state index in [0.717, 1.165) is 12.6 Å². The fourth-order valence-electron chi connectivity index (χ4n) is 3.30. The lowest BCUT2D eigenvalue weighted by Gasteiger charge is -2.41. The largest absolute Gasteiger partial charge is 0.324 e. The van der Waals surface area contributed by atoms with Crippen LogP contribution in [0.2, 0.25) is 0 Å². The van der Waals surface area contributed by atoms with E-state index in [9.17, 15) is 0 Å². The zero-order chi connectivity index (χ0) is 12.3. The summed E-state index contributed by atoms with van der Waals surface area (Å²) >= 11 is 0. The third-order valence-corrected chi connectivity index (χ3v) is 4.10. The number of nitrogens with two attached hydrogens (primary N) is 1. The molecule has 3 heteroatoms. The minimum atomic E-state index is -0.0437. The zero-order valence-corrected chi connectivity index (χ0v) is 11.6. The number of piperidine rings is 2. The van der Waals surface area contributed by atoms with Gasteiger partial charge in [-0.2, -0.15) is 0 Å². The number of rotatable bonds is 3. The Bertz CT molecular complexity index is 220. The Balaban J connectivity index is 1.73. The molecular weight excluding hydrogens is 210 g/mol. The van der Waals surface area contributed by atoms with Crippen molar-refractivity contribution in [1.29, 1.82) is 0 Å². The second kappa shape index (κ2) is 5.68. The Morgan fingerprint density at radius 2 is 1.59 bits per heavy atom. The molecule has 0 bridgehead atoms. The first-order chi connectivity index (χ1) is 8.04. The fraction of sp³-hybridized carbons (Fsp3) is 1.00. The predicted octanol–water partition coefficient (Wildman–Crippen LogP) is 1.67. The van der Waals surface area contributed by atoms with Gasteiger partial charge in [0.2, 0.25) is 0 Å². The van der Waals surface area contributed by atoms with E-state index in [1.54, 1.807) is 0 Å². The summed E-state index contributed by atoms with van der Waals surface area (Å²) in [7, 11) is 0. The maximum absolute atomic E-state index is 6.09. The monoisotopic (exact) mass is 239 g/mol. The SMILES string of the molecule is CC(C)(N)CN1CCC(N2CCCCC2)CC1. The summed E-state index contributed by atoms with van der Waals surface area (Å²) in [4.78, 5) is 5.27. The van der Waals surface area contributed by atoms with Gasteiger partial charge in [0.1, 0.15) is 0 Å². The van der Waals surface area contributed by atoms with Crippen LogP contribution < -0.4 is 5.73 Å². The van der Waals surface area contributed by atoms with Crippen LogP contribution in [0.5, 0.6) is 0 Å². The molecule has 3 nitrogen and oxygen atoms in total. The van der Waals surface area contributed by atoms with Crippen LogP contribution in [0.15, 0.2) is 0 Å². The first-order valence-electron chi connectivity index (χ1n) is 7.30. The summed E-state index contributed by atoms with van der Waals surface area (Å²) in [6.45, 7) is 10.5. The van der Waals surface area contributed by atoms with Crippen LogP contribution in [-0.4, -0.2) is 54.1 Å². The molecule has 2 aliphatic rings. The summed E-state index contributed by atoms with van der Waals surface area (Å²) in [5, 5.41) is 0. The lowest BCUT2D eigenvalue weighted by molar-refractivity contribution is 0.0847. The molecule has 100 valence electrons. The van der Waals surface area contributed by atoms with Crippen LogP contribution in [0, 0.1) is 0 Å². The van der Waals surface area contributed by atoms with E-state index < -0.39 is 0 Å². The first-order valence-corrected chi connectivity index (χ1v) is 7.30. The molecular formula is C14H29N3. The molecule has 2 N–H and O–H groups in total. The highest BCUT2D eigenvalue weighted by atomic mass is 15.2. The molecule has 0 spiro atoms. The average Bonchev–Trinajstić information content (AvgIpc) is 2.29. The van der Waals surface area contributed by atoms with Crippen molar-refractivity contribution in [1.82, 2.24) is 9.80 Å². The molecule has 0 aromatic carbocycles. The van der Waals surface area contributed by atoms with E-state index in [-0.39, 0.29) is 5.54 Å². The van der Waals surface area contributed by atoms with Crippen molar-refractivity contribution in [2.24, 2.45) is 5.73 Å². The highest BCUT2D eigenvalue weighted by molar-refractivity contribution is 4.85. The minimum absolute atomic E-state index is 0.0437. The van der Waals surface area contributed by atoms with Gasteiger partial charge in [-0.1, -0.05) is 6.42 Å². The van der Waals surface area contributed by atoms with Crippen LogP contribution in [-0.2, 0) is 0 Å². The summed E-state index contributed by atoms with van der Waals surface area (Å²) in [6, 6.07) is 0.854. The van der Waals surface area contributed by atoms with E-state index in [4.69, 9.17) is 5.73 Å². The zero-order valence-electron chi connectivity index (χ0n) is 11.6. The number of likely N-dealkylation sites (tertiary alicyclic amines) is 2. The minimum Gasteiger partial charge on any atom is -0.324 e. The Labute approximate surface area is 106 Å². The molecule has 0 radical (unpaired) electrons. The van der Waals surface area contributed by atoms with Gasteiger partial charge in [-0.05, 0) is 65.7 Å². The van der Waals surface area contributed by atoms with Gasteiger partial charge in [0.15, 0.2) is 0 Å². The summed E-state index contributed by atoms with van der Waals surface area (Å²) < 4.78 is 0. The van der Waals surface area contributed by atoms with E-state index in [1.807, 2.05) is 0 Å². The average molecular weight is 239 g/mol. The Morgan fingerprint density at radius 3 is 2.12 bits per heavy atom. The van der Waals surface area contributed by atoms with Gasteiger partial charge in [0.05, 0.1) is 0 Å². The summed E-state index contributed by atoms with van der Waals surface area (Å²) in [6.07, 6.45) is 6.95. The first kappa shape index (κ1) is 13.3. The van der Waals surface area contributed by atoms with Crippen molar-refractivity contribution >= 4 is 0 Å². The molecule has 2 heterocycles. The van der Waals surface area contributed by atoms with E-state index in [0.29, 0.717) is 0 Å². The summed E-state index contributed by atoms with van der Waals surface area (Å²) in [5.74, 6) is 0. The smallest absolute Gasteiger partial charge is 0.0226 e. The number of hydrogen-bond acceptors (Lipinski definition) is 3. The van der Waals surface area contributed by atoms with Gasteiger partial charge in [-0.15, -0.1) is 0 Å². The van der Waals surface area contributed by atoms with Crippen LogP contribution in [0.4, 0.5) is 0 Å². The molecule has 0 atom stereocenters. The second-order valence-corrected chi connectivity index (χ2v) is 6.59. The predicted molar refractivity (Wildman–Crippen MR) is 73.2 cm³/mol.